The lowest BCUT2D eigenvalue weighted by Gasteiger charge is -2.13. The number of hydrogen-bond donors (Lipinski definition) is 4. The summed E-state index contributed by atoms with van der Waals surface area (Å²) in [4.78, 5) is 42.3. The number of carboxylic acids is 2. The molecule has 0 saturated heterocycles. The summed E-state index contributed by atoms with van der Waals surface area (Å²) in [5.41, 5.74) is 5.69. The summed E-state index contributed by atoms with van der Waals surface area (Å²) in [5.74, 6) is -1.46. The van der Waals surface area contributed by atoms with Crippen molar-refractivity contribution in [2.24, 2.45) is 5.73 Å². The van der Waals surface area contributed by atoms with E-state index in [2.05, 4.69) is 5.32 Å². The molecule has 1 aromatic rings. The molecule has 0 spiro atoms. The van der Waals surface area contributed by atoms with Crippen LogP contribution in [0, 0.1) is 17.0 Å². The van der Waals surface area contributed by atoms with Crippen molar-refractivity contribution in [1.82, 2.24) is 5.32 Å². The molecule has 12 heteroatoms. The van der Waals surface area contributed by atoms with Crippen molar-refractivity contribution < 1.29 is 39.0 Å². The second-order valence-electron chi connectivity index (χ2n) is 6.50. The molecule has 1 amide bonds. The highest BCUT2D eigenvalue weighted by Crippen LogP contribution is 2.28. The standard InChI is InChI=1S/C14H18N2O7.C4H9NO2/c1-8-4-11(16(20)21)10(6-12(8)22-3)7-23-14(19)15-9(2)5-13(17)18;1-3(5)2-4(6)7/h4,6,9H,5,7H2,1-3H3,(H,15,19)(H,17,18);3H,2,5H2,1H3,(H,6,7). The Morgan fingerprint density at radius 1 is 1.20 bits per heavy atom. The van der Waals surface area contributed by atoms with Gasteiger partial charge in [-0.2, -0.15) is 0 Å². The number of ether oxygens (including phenoxy) is 2. The van der Waals surface area contributed by atoms with Gasteiger partial charge in [0.2, 0.25) is 0 Å². The Bertz CT molecular complexity index is 766. The third-order valence-electron chi connectivity index (χ3n) is 3.49. The maximum absolute atomic E-state index is 11.6. The Hall–Kier alpha value is -3.41. The van der Waals surface area contributed by atoms with E-state index < -0.39 is 29.0 Å². The largest absolute Gasteiger partial charge is 0.496 e. The summed E-state index contributed by atoms with van der Waals surface area (Å²) in [7, 11) is 1.43. The number of methoxy groups -OCH3 is 1. The number of aryl methyl sites for hydroxylation is 1. The second kappa shape index (κ2) is 12.9. The summed E-state index contributed by atoms with van der Waals surface area (Å²) in [5, 5.41) is 30.0. The highest BCUT2D eigenvalue weighted by molar-refractivity contribution is 5.71. The molecule has 5 N–H and O–H groups in total. The van der Waals surface area contributed by atoms with Crippen LogP contribution in [0.2, 0.25) is 0 Å². The predicted molar refractivity (Wildman–Crippen MR) is 105 cm³/mol. The number of benzene rings is 1. The number of carbonyl (C=O) groups is 3. The molecule has 30 heavy (non-hydrogen) atoms. The molecule has 0 aromatic heterocycles. The van der Waals surface area contributed by atoms with Gasteiger partial charge in [-0.25, -0.2) is 4.79 Å². The van der Waals surface area contributed by atoms with Crippen molar-refractivity contribution in [3.05, 3.63) is 33.4 Å². The Morgan fingerprint density at radius 2 is 1.77 bits per heavy atom. The van der Waals surface area contributed by atoms with E-state index >= 15 is 0 Å². The minimum absolute atomic E-state index is 0.0556. The van der Waals surface area contributed by atoms with E-state index in [1.54, 1.807) is 13.8 Å². The Balaban J connectivity index is 0.00000103. The number of hydrogen-bond acceptors (Lipinski definition) is 8. The summed E-state index contributed by atoms with van der Waals surface area (Å²) >= 11 is 0. The Kier molecular flexibility index (Phi) is 11.5. The number of nitrogens with two attached hydrogens (primary N) is 1. The van der Waals surface area contributed by atoms with Gasteiger partial charge in [-0.15, -0.1) is 0 Å². The number of aliphatic carboxylic acids is 2. The van der Waals surface area contributed by atoms with Crippen LogP contribution in [-0.2, 0) is 20.9 Å². The first-order valence-corrected chi connectivity index (χ1v) is 8.81. The molecule has 0 bridgehead atoms. The number of alkyl carbamates (subject to hydrolysis) is 1. The van der Waals surface area contributed by atoms with Crippen LogP contribution >= 0.6 is 0 Å². The molecule has 168 valence electrons. The third kappa shape index (κ3) is 10.8. The van der Waals surface area contributed by atoms with Crippen LogP contribution in [0.25, 0.3) is 0 Å². The third-order valence-corrected chi connectivity index (χ3v) is 3.49. The normalized spacial score (nSPS) is 11.9. The van der Waals surface area contributed by atoms with Gasteiger partial charge in [-0.05, 0) is 32.4 Å². The van der Waals surface area contributed by atoms with Gasteiger partial charge in [0.05, 0.1) is 30.4 Å². The van der Waals surface area contributed by atoms with Gasteiger partial charge >= 0.3 is 18.0 Å². The minimum Gasteiger partial charge on any atom is -0.496 e. The van der Waals surface area contributed by atoms with Gasteiger partial charge in [0.25, 0.3) is 5.69 Å². The van der Waals surface area contributed by atoms with E-state index in [9.17, 15) is 24.5 Å². The molecular weight excluding hydrogens is 402 g/mol. The summed E-state index contributed by atoms with van der Waals surface area (Å²) < 4.78 is 10.00. The van der Waals surface area contributed by atoms with E-state index in [1.807, 2.05) is 0 Å². The topological polar surface area (TPSA) is 191 Å². The fourth-order valence-corrected chi connectivity index (χ4v) is 2.19. The summed E-state index contributed by atoms with van der Waals surface area (Å²) in [6.07, 6.45) is -1.05. The Labute approximate surface area is 173 Å². The molecule has 0 aliphatic heterocycles. The zero-order valence-electron chi connectivity index (χ0n) is 17.2. The van der Waals surface area contributed by atoms with Crippen molar-refractivity contribution in [2.75, 3.05) is 7.11 Å². The van der Waals surface area contributed by atoms with Crippen LogP contribution in [0.4, 0.5) is 10.5 Å². The maximum Gasteiger partial charge on any atom is 0.407 e. The van der Waals surface area contributed by atoms with Gasteiger partial charge < -0.3 is 30.7 Å². The van der Waals surface area contributed by atoms with Crippen molar-refractivity contribution in [3.8, 4) is 5.75 Å². The zero-order valence-corrected chi connectivity index (χ0v) is 17.2. The average Bonchev–Trinajstić information content (AvgIpc) is 2.58. The van der Waals surface area contributed by atoms with Crippen molar-refractivity contribution in [2.45, 2.75) is 52.3 Å². The lowest BCUT2D eigenvalue weighted by atomic mass is 10.1. The van der Waals surface area contributed by atoms with Crippen molar-refractivity contribution in [1.29, 1.82) is 0 Å². The van der Waals surface area contributed by atoms with E-state index in [0.717, 1.165) is 0 Å². The molecule has 0 heterocycles. The van der Waals surface area contributed by atoms with Crippen molar-refractivity contribution in [3.63, 3.8) is 0 Å². The van der Waals surface area contributed by atoms with Gasteiger partial charge in [-0.1, -0.05) is 0 Å². The van der Waals surface area contributed by atoms with Crippen LogP contribution in [0.15, 0.2) is 12.1 Å². The van der Waals surface area contributed by atoms with Gasteiger partial charge in [0.15, 0.2) is 0 Å². The number of carbonyl (C=O) groups excluding carboxylic acids is 1. The van der Waals surface area contributed by atoms with Crippen molar-refractivity contribution >= 4 is 23.7 Å². The van der Waals surface area contributed by atoms with Crippen LogP contribution in [0.5, 0.6) is 5.75 Å². The highest BCUT2D eigenvalue weighted by atomic mass is 16.6. The molecule has 2 atom stereocenters. The summed E-state index contributed by atoms with van der Waals surface area (Å²) in [6.45, 7) is 4.50. The quantitative estimate of drug-likeness (QED) is 0.332. The Morgan fingerprint density at radius 3 is 2.17 bits per heavy atom. The predicted octanol–water partition coefficient (Wildman–Crippen LogP) is 1.81. The number of rotatable bonds is 9. The van der Waals surface area contributed by atoms with E-state index in [4.69, 9.17) is 25.4 Å². The number of nitro benzene ring substituents is 1. The van der Waals surface area contributed by atoms with E-state index in [1.165, 1.54) is 26.2 Å². The van der Waals surface area contributed by atoms with Crippen LogP contribution < -0.4 is 15.8 Å². The van der Waals surface area contributed by atoms with E-state index in [-0.39, 0.29) is 36.7 Å². The summed E-state index contributed by atoms with van der Waals surface area (Å²) in [6, 6.07) is 1.92. The van der Waals surface area contributed by atoms with E-state index in [0.29, 0.717) is 11.3 Å². The lowest BCUT2D eigenvalue weighted by Crippen LogP contribution is -2.34. The SMILES string of the molecule is CC(N)CC(=O)O.COc1cc(COC(=O)NC(C)CC(=O)O)c([N+](=O)[O-])cc1C. The molecule has 0 radical (unpaired) electrons. The van der Waals surface area contributed by atoms with Gasteiger partial charge in [-0.3, -0.25) is 19.7 Å². The zero-order chi connectivity index (χ0) is 23.4. The van der Waals surface area contributed by atoms with Crippen LogP contribution in [0.1, 0.15) is 37.8 Å². The molecule has 2 unspecified atom stereocenters. The first kappa shape index (κ1) is 26.6. The lowest BCUT2D eigenvalue weighted by molar-refractivity contribution is -0.385. The highest BCUT2D eigenvalue weighted by Gasteiger charge is 2.19. The number of nitrogens with zero attached hydrogens (tertiary/aromatic N) is 1. The fourth-order valence-electron chi connectivity index (χ4n) is 2.19. The van der Waals surface area contributed by atoms with Gasteiger partial charge in [0.1, 0.15) is 12.4 Å². The second-order valence-corrected chi connectivity index (χ2v) is 6.50. The minimum atomic E-state index is -1.06. The van der Waals surface area contributed by atoms with Crippen LogP contribution in [-0.4, -0.2) is 52.4 Å². The number of amides is 1. The molecule has 0 aliphatic rings. The fraction of sp³-hybridized carbons (Fsp3) is 0.500. The number of nitrogens with one attached hydrogen (secondary N) is 1. The first-order valence-electron chi connectivity index (χ1n) is 8.81. The smallest absolute Gasteiger partial charge is 0.407 e. The molecule has 0 fully saturated rings. The molecule has 0 aliphatic carbocycles. The average molecular weight is 429 g/mol. The molecule has 1 aromatic carbocycles. The first-order chi connectivity index (χ1) is 13.9. The van der Waals surface area contributed by atoms with Crippen LogP contribution in [0.3, 0.4) is 0 Å². The molecular formula is C18H27N3O9. The maximum atomic E-state index is 11.6. The molecule has 1 rings (SSSR count). The molecule has 0 saturated carbocycles. The van der Waals surface area contributed by atoms with Gasteiger partial charge in [0, 0.05) is 18.2 Å². The monoisotopic (exact) mass is 429 g/mol. The number of nitro groups is 1. The number of carboxylic acid groups (broad SMARTS) is 2. The molecule has 12 nitrogen and oxygen atoms in total.